The van der Waals surface area contributed by atoms with Gasteiger partial charge in [0.25, 0.3) is 0 Å². The molecule has 6 nitrogen and oxygen atoms in total. The number of hydrogen-bond acceptors (Lipinski definition) is 6. The first-order chi connectivity index (χ1) is 36.7. The van der Waals surface area contributed by atoms with Crippen LogP contribution in [0.5, 0.6) is 0 Å². The van der Waals surface area contributed by atoms with Crippen LogP contribution in [0.3, 0.4) is 0 Å². The molecule has 0 aliphatic rings. The molecule has 0 atom stereocenters. The van der Waals surface area contributed by atoms with E-state index in [2.05, 4.69) is 311 Å². The van der Waals surface area contributed by atoms with Crippen molar-refractivity contribution in [3.05, 3.63) is 303 Å². The van der Waals surface area contributed by atoms with Crippen LogP contribution in [0.4, 0.5) is 68.2 Å². The van der Waals surface area contributed by atoms with Crippen molar-refractivity contribution in [1.82, 2.24) is 9.97 Å². The van der Waals surface area contributed by atoms with Gasteiger partial charge in [-0.15, -0.1) is 0 Å². The van der Waals surface area contributed by atoms with E-state index in [4.69, 9.17) is 9.97 Å². The van der Waals surface area contributed by atoms with Crippen LogP contribution in [0.25, 0.3) is 33.5 Å². The maximum Gasteiger partial charge on any atom is 0.116 e. The average Bonchev–Trinajstić information content (AvgIpc) is 3.48. The van der Waals surface area contributed by atoms with Crippen molar-refractivity contribution in [3.63, 3.8) is 0 Å². The van der Waals surface area contributed by atoms with Crippen LogP contribution in [-0.2, 0) is 0 Å². The quantitative estimate of drug-likeness (QED) is 0.108. The minimum atomic E-state index is 0.751. The SMILES string of the molecule is c1ccc(-c2nc3c(N(c4ccccc4)c4ccc(N(c5ccccc5)c5ccccc5)cc4)ccc(N(c4ccccc4)c4ccc(N(c5ccccc5)c5ccccc5)cc4)c3nc2-c2ccccc2)cc1. The van der Waals surface area contributed by atoms with Crippen molar-refractivity contribution < 1.29 is 0 Å². The van der Waals surface area contributed by atoms with Gasteiger partial charge in [-0.1, -0.05) is 170 Å². The summed E-state index contributed by atoms with van der Waals surface area (Å²) < 4.78 is 0. The second-order valence-corrected chi connectivity index (χ2v) is 17.8. The van der Waals surface area contributed by atoms with E-state index in [1.54, 1.807) is 0 Å². The number of para-hydroxylation sites is 6. The van der Waals surface area contributed by atoms with Crippen LogP contribution >= 0.6 is 0 Å². The Morgan fingerprint density at radius 1 is 0.176 bits per heavy atom. The Labute approximate surface area is 432 Å². The summed E-state index contributed by atoms with van der Waals surface area (Å²) in [6.45, 7) is 0. The molecule has 11 aromatic carbocycles. The molecule has 0 aliphatic heterocycles. The zero-order valence-corrected chi connectivity index (χ0v) is 40.6. The molecule has 12 rings (SSSR count). The summed E-state index contributed by atoms with van der Waals surface area (Å²) in [6.07, 6.45) is 0. The topological polar surface area (TPSA) is 38.7 Å². The molecule has 0 fully saturated rings. The lowest BCUT2D eigenvalue weighted by atomic mass is 10.0. The van der Waals surface area contributed by atoms with Gasteiger partial charge in [-0.3, -0.25) is 0 Å². The first kappa shape index (κ1) is 45.1. The zero-order valence-electron chi connectivity index (χ0n) is 40.6. The summed E-state index contributed by atoms with van der Waals surface area (Å²) in [5.41, 5.74) is 17.1. The van der Waals surface area contributed by atoms with Crippen LogP contribution in [0.15, 0.2) is 303 Å². The predicted molar refractivity (Wildman–Crippen MR) is 309 cm³/mol. The van der Waals surface area contributed by atoms with Crippen molar-refractivity contribution >= 4 is 79.3 Å². The van der Waals surface area contributed by atoms with Gasteiger partial charge in [-0.2, -0.15) is 0 Å². The molecule has 0 saturated carbocycles. The van der Waals surface area contributed by atoms with E-state index in [9.17, 15) is 0 Å². The number of fused-ring (bicyclic) bond motifs is 1. The number of nitrogens with zero attached hydrogens (tertiary/aromatic N) is 6. The predicted octanol–water partition coefficient (Wildman–Crippen LogP) is 18.8. The number of aromatic nitrogens is 2. The van der Waals surface area contributed by atoms with Gasteiger partial charge in [-0.25, -0.2) is 9.97 Å². The summed E-state index contributed by atoms with van der Waals surface area (Å²) in [5.74, 6) is 0. The number of anilines is 12. The Morgan fingerprint density at radius 2 is 0.365 bits per heavy atom. The summed E-state index contributed by atoms with van der Waals surface area (Å²) in [4.78, 5) is 20.8. The fraction of sp³-hybridized carbons (Fsp3) is 0. The van der Waals surface area contributed by atoms with Crippen molar-refractivity contribution in [2.45, 2.75) is 0 Å². The second-order valence-electron chi connectivity index (χ2n) is 17.8. The van der Waals surface area contributed by atoms with Crippen molar-refractivity contribution in [1.29, 1.82) is 0 Å². The van der Waals surface area contributed by atoms with Gasteiger partial charge < -0.3 is 19.6 Å². The Kier molecular flexibility index (Phi) is 12.6. The van der Waals surface area contributed by atoms with Crippen LogP contribution in [0, 0.1) is 0 Å². The summed E-state index contributed by atoms with van der Waals surface area (Å²) in [5, 5.41) is 0. The molecule has 0 N–H and O–H groups in total. The van der Waals surface area contributed by atoms with Crippen LogP contribution in [0.1, 0.15) is 0 Å². The third kappa shape index (κ3) is 9.11. The molecule has 0 saturated heterocycles. The fourth-order valence-electron chi connectivity index (χ4n) is 9.78. The highest BCUT2D eigenvalue weighted by Crippen LogP contribution is 2.47. The average molecular weight is 951 g/mol. The van der Waals surface area contributed by atoms with Crippen LogP contribution in [-0.4, -0.2) is 9.97 Å². The summed E-state index contributed by atoms with van der Waals surface area (Å²) >= 11 is 0. The van der Waals surface area contributed by atoms with Gasteiger partial charge in [0.1, 0.15) is 11.0 Å². The van der Waals surface area contributed by atoms with Crippen molar-refractivity contribution in [2.75, 3.05) is 19.6 Å². The molecule has 352 valence electrons. The molecule has 1 heterocycles. The normalized spacial score (nSPS) is 11.0. The Morgan fingerprint density at radius 3 is 0.608 bits per heavy atom. The molecule has 0 amide bonds. The largest absolute Gasteiger partial charge is 0.311 e. The first-order valence-corrected chi connectivity index (χ1v) is 24.9. The van der Waals surface area contributed by atoms with E-state index in [1.165, 1.54) is 0 Å². The summed E-state index contributed by atoms with van der Waals surface area (Å²) in [6, 6.07) is 106. The van der Waals surface area contributed by atoms with Gasteiger partial charge in [0, 0.05) is 68.0 Å². The Balaban J connectivity index is 1.08. The Bertz CT molecular complexity index is 3410. The third-order valence-electron chi connectivity index (χ3n) is 13.2. The molecule has 0 aliphatic carbocycles. The molecule has 6 heteroatoms. The lowest BCUT2D eigenvalue weighted by Crippen LogP contribution is -2.15. The molecular formula is C68H50N6. The van der Waals surface area contributed by atoms with E-state index in [1.807, 2.05) is 12.1 Å². The van der Waals surface area contributed by atoms with E-state index in [-0.39, 0.29) is 0 Å². The number of benzene rings is 11. The molecule has 74 heavy (non-hydrogen) atoms. The van der Waals surface area contributed by atoms with Gasteiger partial charge >= 0.3 is 0 Å². The maximum absolute atomic E-state index is 5.81. The number of rotatable bonds is 14. The van der Waals surface area contributed by atoms with E-state index in [0.29, 0.717) is 0 Å². The molecule has 12 aromatic rings. The highest BCUT2D eigenvalue weighted by molar-refractivity contribution is 6.05. The third-order valence-corrected chi connectivity index (χ3v) is 13.2. The van der Waals surface area contributed by atoms with Crippen LogP contribution < -0.4 is 19.6 Å². The first-order valence-electron chi connectivity index (χ1n) is 24.9. The minimum Gasteiger partial charge on any atom is -0.311 e. The standard InChI is InChI=1S/C68H50N6/c1-9-25-51(26-10-1)65-66(52-27-11-2-12-28-52)70-68-64(74(58-39-23-8-24-40-58)62-47-43-60(44-48-62)72(55-33-17-5-18-34-55)56-35-19-6-20-36-56)50-49-63(67(68)69-65)73(57-37-21-7-22-38-57)61-45-41-59(42-46-61)71(53-29-13-3-14-30-53)54-31-15-4-16-32-54/h1-50H. The fourth-order valence-corrected chi connectivity index (χ4v) is 9.78. The van der Waals surface area contributed by atoms with Gasteiger partial charge in [-0.05, 0) is 133 Å². The lowest BCUT2D eigenvalue weighted by Gasteiger charge is -2.31. The summed E-state index contributed by atoms with van der Waals surface area (Å²) in [7, 11) is 0. The lowest BCUT2D eigenvalue weighted by molar-refractivity contribution is 1.22. The second kappa shape index (κ2) is 20.7. The number of hydrogen-bond donors (Lipinski definition) is 0. The van der Waals surface area contributed by atoms with Gasteiger partial charge in [0.15, 0.2) is 0 Å². The minimum absolute atomic E-state index is 0.751. The smallest absolute Gasteiger partial charge is 0.116 e. The van der Waals surface area contributed by atoms with Crippen LogP contribution in [0.2, 0.25) is 0 Å². The monoisotopic (exact) mass is 950 g/mol. The molecule has 0 radical (unpaired) electrons. The van der Waals surface area contributed by atoms with Crippen molar-refractivity contribution in [3.8, 4) is 22.5 Å². The molecular weight excluding hydrogens is 901 g/mol. The van der Waals surface area contributed by atoms with E-state index < -0.39 is 0 Å². The van der Waals surface area contributed by atoms with Gasteiger partial charge in [0.05, 0.1) is 22.8 Å². The zero-order chi connectivity index (χ0) is 49.5. The van der Waals surface area contributed by atoms with E-state index in [0.717, 1.165) is 102 Å². The maximum atomic E-state index is 5.81. The van der Waals surface area contributed by atoms with Gasteiger partial charge in [0.2, 0.25) is 0 Å². The van der Waals surface area contributed by atoms with E-state index >= 15 is 0 Å². The Hall–Kier alpha value is -10.0. The molecule has 0 spiro atoms. The highest BCUT2D eigenvalue weighted by Gasteiger charge is 2.26. The molecule has 0 bridgehead atoms. The highest BCUT2D eigenvalue weighted by atomic mass is 15.2. The molecule has 0 unspecified atom stereocenters. The molecule has 1 aromatic heterocycles. The van der Waals surface area contributed by atoms with Crippen molar-refractivity contribution in [2.24, 2.45) is 0 Å².